The van der Waals surface area contributed by atoms with Crippen molar-refractivity contribution in [1.82, 2.24) is 0 Å². The molecule has 1 nitrogen and oxygen atoms in total. The van der Waals surface area contributed by atoms with Crippen molar-refractivity contribution < 1.29 is 4.79 Å². The van der Waals surface area contributed by atoms with Gasteiger partial charge in [0, 0.05) is 5.92 Å². The van der Waals surface area contributed by atoms with Gasteiger partial charge in [-0.05, 0) is 73.7 Å². The highest BCUT2D eigenvalue weighted by Gasteiger charge is 2.42. The molecular formula is C19H22O. The van der Waals surface area contributed by atoms with E-state index in [4.69, 9.17) is 0 Å². The van der Waals surface area contributed by atoms with E-state index in [1.807, 2.05) is 6.92 Å². The molecule has 0 spiro atoms. The zero-order valence-corrected chi connectivity index (χ0v) is 12.5. The third-order valence-electron chi connectivity index (χ3n) is 6.04. The minimum absolute atomic E-state index is 0.223. The Morgan fingerprint density at radius 1 is 1.15 bits per heavy atom. The summed E-state index contributed by atoms with van der Waals surface area (Å²) in [5.74, 6) is 0.656. The van der Waals surface area contributed by atoms with E-state index in [2.05, 4.69) is 19.1 Å². The van der Waals surface area contributed by atoms with Crippen LogP contribution in [0, 0.1) is 11.3 Å². The maximum absolute atomic E-state index is 11.9. The summed E-state index contributed by atoms with van der Waals surface area (Å²) in [5.41, 5.74) is 7.79. The molecule has 4 aliphatic carbocycles. The molecule has 4 aliphatic rings. The van der Waals surface area contributed by atoms with Gasteiger partial charge in [0.2, 0.25) is 0 Å². The van der Waals surface area contributed by atoms with E-state index in [9.17, 15) is 4.79 Å². The van der Waals surface area contributed by atoms with Crippen molar-refractivity contribution in [2.75, 3.05) is 0 Å². The Balaban J connectivity index is 1.83. The second kappa shape index (κ2) is 4.07. The Bertz CT molecular complexity index is 626. The predicted octanol–water partition coefficient (Wildman–Crippen LogP) is 4.67. The fourth-order valence-electron chi connectivity index (χ4n) is 4.78. The monoisotopic (exact) mass is 266 g/mol. The standard InChI is InChI=1S/C19H22O/c1-12-13-5-6-16-15(14(13)7-8-18(12)20)9-11-19(2)10-3-4-17(16)19/h4,7-8,14H,3,5-6,9-11H2,1-2H3. The van der Waals surface area contributed by atoms with Gasteiger partial charge in [0.15, 0.2) is 5.78 Å². The van der Waals surface area contributed by atoms with E-state index in [0.29, 0.717) is 11.3 Å². The SMILES string of the molecule is CC1=C2CCC3=C(CCC4(C)CCC=C34)C2C=CC1=O. The largest absolute Gasteiger partial charge is 0.290 e. The number of fused-ring (bicyclic) bond motifs is 4. The molecule has 4 rings (SSSR count). The molecule has 1 heteroatoms. The van der Waals surface area contributed by atoms with Crippen LogP contribution in [0.3, 0.4) is 0 Å². The van der Waals surface area contributed by atoms with E-state index in [1.165, 1.54) is 31.3 Å². The molecule has 0 aromatic heterocycles. The molecule has 0 aromatic rings. The van der Waals surface area contributed by atoms with Crippen LogP contribution in [0.2, 0.25) is 0 Å². The van der Waals surface area contributed by atoms with Crippen molar-refractivity contribution in [3.8, 4) is 0 Å². The molecule has 0 bridgehead atoms. The van der Waals surface area contributed by atoms with Crippen molar-refractivity contribution in [2.45, 2.75) is 52.4 Å². The average molecular weight is 266 g/mol. The van der Waals surface area contributed by atoms with Crippen LogP contribution in [-0.2, 0) is 4.79 Å². The highest BCUT2D eigenvalue weighted by Crippen LogP contribution is 2.56. The van der Waals surface area contributed by atoms with Gasteiger partial charge in [0.1, 0.15) is 0 Å². The van der Waals surface area contributed by atoms with Gasteiger partial charge in [-0.2, -0.15) is 0 Å². The molecule has 104 valence electrons. The van der Waals surface area contributed by atoms with E-state index >= 15 is 0 Å². The van der Waals surface area contributed by atoms with Crippen LogP contribution in [0.5, 0.6) is 0 Å². The molecule has 0 fully saturated rings. The van der Waals surface area contributed by atoms with Crippen LogP contribution >= 0.6 is 0 Å². The molecule has 0 aliphatic heterocycles. The molecule has 0 radical (unpaired) electrons. The maximum Gasteiger partial charge on any atom is 0.181 e. The average Bonchev–Trinajstić information content (AvgIpc) is 2.84. The molecule has 20 heavy (non-hydrogen) atoms. The molecule has 0 N–H and O–H groups in total. The second-order valence-corrected chi connectivity index (χ2v) is 7.07. The molecule has 0 heterocycles. The van der Waals surface area contributed by atoms with Crippen molar-refractivity contribution in [1.29, 1.82) is 0 Å². The summed E-state index contributed by atoms with van der Waals surface area (Å²) >= 11 is 0. The lowest BCUT2D eigenvalue weighted by atomic mass is 9.62. The van der Waals surface area contributed by atoms with Crippen LogP contribution in [0.4, 0.5) is 0 Å². The number of rotatable bonds is 0. The van der Waals surface area contributed by atoms with E-state index in [1.54, 1.807) is 22.8 Å². The molecule has 0 aromatic carbocycles. The second-order valence-electron chi connectivity index (χ2n) is 7.07. The number of allylic oxidation sites excluding steroid dienone is 8. The first kappa shape index (κ1) is 12.4. The Morgan fingerprint density at radius 3 is 2.85 bits per heavy atom. The first-order valence-corrected chi connectivity index (χ1v) is 7.95. The quantitative estimate of drug-likeness (QED) is 0.622. The number of carbonyl (C=O) groups is 1. The smallest absolute Gasteiger partial charge is 0.181 e. The lowest BCUT2D eigenvalue weighted by molar-refractivity contribution is -0.111. The van der Waals surface area contributed by atoms with Gasteiger partial charge in [0.05, 0.1) is 0 Å². The van der Waals surface area contributed by atoms with Gasteiger partial charge in [0.25, 0.3) is 0 Å². The van der Waals surface area contributed by atoms with Crippen molar-refractivity contribution >= 4 is 5.78 Å². The summed E-state index contributed by atoms with van der Waals surface area (Å²) in [6.45, 7) is 4.47. The van der Waals surface area contributed by atoms with E-state index in [0.717, 1.165) is 18.4 Å². The van der Waals surface area contributed by atoms with Gasteiger partial charge in [-0.15, -0.1) is 0 Å². The van der Waals surface area contributed by atoms with Gasteiger partial charge in [-0.1, -0.05) is 30.2 Å². The van der Waals surface area contributed by atoms with Crippen molar-refractivity contribution in [3.63, 3.8) is 0 Å². The molecule has 2 unspecified atom stereocenters. The number of carbonyl (C=O) groups excluding carboxylic acids is 1. The summed E-state index contributed by atoms with van der Waals surface area (Å²) in [6.07, 6.45) is 13.8. The molecular weight excluding hydrogens is 244 g/mol. The number of hydrogen-bond acceptors (Lipinski definition) is 1. The van der Waals surface area contributed by atoms with E-state index < -0.39 is 0 Å². The highest BCUT2D eigenvalue weighted by molar-refractivity contribution is 6.05. The minimum atomic E-state index is 0.223. The first-order valence-electron chi connectivity index (χ1n) is 7.95. The summed E-state index contributed by atoms with van der Waals surface area (Å²) in [4.78, 5) is 11.9. The third-order valence-corrected chi connectivity index (χ3v) is 6.04. The van der Waals surface area contributed by atoms with Gasteiger partial charge < -0.3 is 0 Å². The normalized spacial score (nSPS) is 35.8. The molecule has 0 saturated carbocycles. The Hall–Kier alpha value is -1.37. The van der Waals surface area contributed by atoms with Gasteiger partial charge in [-0.25, -0.2) is 0 Å². The number of ketones is 1. The topological polar surface area (TPSA) is 17.1 Å². The van der Waals surface area contributed by atoms with Crippen molar-refractivity contribution in [3.05, 3.63) is 46.1 Å². The summed E-state index contributed by atoms with van der Waals surface area (Å²) < 4.78 is 0. The molecule has 0 saturated heterocycles. The van der Waals surface area contributed by atoms with Crippen LogP contribution in [0.15, 0.2) is 46.1 Å². The molecule has 0 amide bonds. The Morgan fingerprint density at radius 2 is 2.00 bits per heavy atom. The predicted molar refractivity (Wildman–Crippen MR) is 81.3 cm³/mol. The summed E-state index contributed by atoms with van der Waals surface area (Å²) in [7, 11) is 0. The first-order chi connectivity index (χ1) is 9.60. The lowest BCUT2D eigenvalue weighted by Crippen LogP contribution is -2.29. The van der Waals surface area contributed by atoms with Gasteiger partial charge >= 0.3 is 0 Å². The van der Waals surface area contributed by atoms with Gasteiger partial charge in [-0.3, -0.25) is 4.79 Å². The van der Waals surface area contributed by atoms with E-state index in [-0.39, 0.29) is 5.78 Å². The fraction of sp³-hybridized carbons (Fsp3) is 0.526. The Labute approximate surface area is 121 Å². The zero-order chi connectivity index (χ0) is 13.9. The zero-order valence-electron chi connectivity index (χ0n) is 12.5. The summed E-state index contributed by atoms with van der Waals surface area (Å²) in [6, 6.07) is 0. The minimum Gasteiger partial charge on any atom is -0.290 e. The number of hydrogen-bond donors (Lipinski definition) is 0. The third kappa shape index (κ3) is 1.52. The highest BCUT2D eigenvalue weighted by atomic mass is 16.1. The fourth-order valence-corrected chi connectivity index (χ4v) is 4.78. The lowest BCUT2D eigenvalue weighted by Gasteiger charge is -2.42. The van der Waals surface area contributed by atoms with Crippen LogP contribution in [0.1, 0.15) is 52.4 Å². The van der Waals surface area contributed by atoms with Crippen LogP contribution in [-0.4, -0.2) is 5.78 Å². The maximum atomic E-state index is 11.9. The summed E-state index contributed by atoms with van der Waals surface area (Å²) in [5, 5.41) is 0. The molecule has 2 atom stereocenters. The van der Waals surface area contributed by atoms with Crippen molar-refractivity contribution in [2.24, 2.45) is 11.3 Å². The Kier molecular flexibility index (Phi) is 2.52. The van der Waals surface area contributed by atoms with Crippen LogP contribution < -0.4 is 0 Å². The van der Waals surface area contributed by atoms with Crippen LogP contribution in [0.25, 0.3) is 0 Å².